The van der Waals surface area contributed by atoms with E-state index in [-0.39, 0.29) is 50.0 Å². The summed E-state index contributed by atoms with van der Waals surface area (Å²) >= 11 is 0. The molecule has 23 heteroatoms. The summed E-state index contributed by atoms with van der Waals surface area (Å²) in [5, 5.41) is 20.2. The third-order valence-electron chi connectivity index (χ3n) is 22.6. The summed E-state index contributed by atoms with van der Waals surface area (Å²) in [6.45, 7) is 34.9. The number of nitrogens with one attached hydrogen (secondary N) is 6. The molecule has 648 valence electrons. The lowest BCUT2D eigenvalue weighted by Crippen LogP contribution is -2.55. The van der Waals surface area contributed by atoms with E-state index in [1.54, 1.807) is 4.90 Å². The predicted octanol–water partition coefficient (Wildman–Crippen LogP) is 17.9. The van der Waals surface area contributed by atoms with Gasteiger partial charge in [-0.3, -0.25) is 24.0 Å². The van der Waals surface area contributed by atoms with E-state index >= 15 is 0 Å². The van der Waals surface area contributed by atoms with E-state index in [1.807, 2.05) is 50.8 Å². The van der Waals surface area contributed by atoms with E-state index in [1.165, 1.54) is 88.2 Å². The molecule has 0 spiro atoms. The van der Waals surface area contributed by atoms with Crippen molar-refractivity contribution < 1.29 is 40.7 Å². The van der Waals surface area contributed by atoms with Gasteiger partial charge in [-0.15, -0.1) is 0 Å². The number of rotatable bonds is 18. The minimum atomic E-state index is -0.448. The minimum absolute atomic E-state index is 0. The molecule has 7 aliphatic rings. The number of aryl methyl sites for hydroxylation is 5. The average molecular weight is 1610 g/mol. The van der Waals surface area contributed by atoms with Crippen LogP contribution in [0.5, 0.6) is 0 Å². The van der Waals surface area contributed by atoms with Crippen molar-refractivity contribution in [3.8, 4) is 0 Å². The van der Waals surface area contributed by atoms with Gasteiger partial charge in [-0.2, -0.15) is 0 Å². The lowest BCUT2D eigenvalue weighted by molar-refractivity contribution is -0.135. The predicted molar refractivity (Wildman–Crippen MR) is 497 cm³/mol. The Morgan fingerprint density at radius 3 is 1.09 bits per heavy atom. The molecule has 5 aromatic carbocycles. The standard InChI is InChI=1S/C30H48N4O2.C25H40N4O2.C13H17BN2O.C12H18N2.C7H9N.C6H8BNO2.CH4.5H2/c1-23(2)14-21-34(26-12-10-25(5)11-13-26)27-15-19-32(20-16-27)29(35)28(22-24(3)4)31-30(36)33-17-8-6-7-9-18-33;1-19(2)18-23(27-25(31)29-14-6-4-5-7-15-29)24(30)28-16-12-22(13-17-28)26-21-10-8-20(3)9-11-21;1-10-2-4-11(5-3-10)15-12-6-8-16(9-7-12)13(14)17;1-10-2-4-11(5-3-10)14-12-6-8-13-9-7-12;1-6-2-4-7(8)5-3-6;7-6(10)8-3-1-5(9)2-4-8;;;;;;/h10-14,24,27-28H,6-9,15-22H2,1-5H3,(H,31,36);8-11,19,22-23,26H,4-7,12-18H2,1-3H3,(H,27,31);2-5,12,15H,6-9H2,1H3;2-5,12-14H,6-9H2,1H3;2-5H,8H2,1H3;1-4H2;1H4;5*1H/t28-;23-;;;;;;;;;;/m00........../s1. The number of allylic oxidation sites excluding steroid dienone is 1. The largest absolute Gasteiger partial charge is 0.399 e. The third kappa shape index (κ3) is 36.4. The Morgan fingerprint density at radius 1 is 0.444 bits per heavy atom. The number of hydrogen-bond acceptors (Lipinski definition) is 13. The highest BCUT2D eigenvalue weighted by atomic mass is 16.2. The molecule has 4 radical (unpaired) electrons. The normalized spacial score (nSPS) is 17.5. The number of nitrogens with two attached hydrogens (primary N) is 1. The second-order valence-corrected chi connectivity index (χ2v) is 33.9. The number of amides is 8. The van der Waals surface area contributed by atoms with Crippen LogP contribution in [0.3, 0.4) is 0 Å². The fourth-order valence-corrected chi connectivity index (χ4v) is 15.4. The fourth-order valence-electron chi connectivity index (χ4n) is 15.4. The van der Waals surface area contributed by atoms with Crippen LogP contribution in [0.2, 0.25) is 0 Å². The van der Waals surface area contributed by atoms with Crippen molar-refractivity contribution in [1.29, 1.82) is 0 Å². The summed E-state index contributed by atoms with van der Waals surface area (Å²) in [5.74, 6) is 0.326. The summed E-state index contributed by atoms with van der Waals surface area (Å²) in [6, 6.07) is 42.9. The maximum atomic E-state index is 13.6. The first-order valence-corrected chi connectivity index (χ1v) is 43.4. The minimum Gasteiger partial charge on any atom is -0.399 e. The number of Topliss-reactive ketones (excluding diaryl/α,β-unsaturated/α-hetero) is 1. The van der Waals surface area contributed by atoms with Crippen molar-refractivity contribution in [2.75, 3.05) is 125 Å². The number of carbonyl (C=O) groups excluding carboxylic acids is 7. The van der Waals surface area contributed by atoms with Gasteiger partial charge in [-0.05, 0) is 224 Å². The number of piperidine rings is 5. The molecule has 0 aliphatic carbocycles. The molecule has 12 rings (SSSR count). The molecule has 5 aromatic rings. The number of carbonyl (C=O) groups is 7. The molecule has 0 bridgehead atoms. The van der Waals surface area contributed by atoms with Gasteiger partial charge in [0.1, 0.15) is 17.9 Å². The lowest BCUT2D eigenvalue weighted by Gasteiger charge is -2.40. The van der Waals surface area contributed by atoms with Gasteiger partial charge in [-0.25, -0.2) is 9.59 Å². The smallest absolute Gasteiger partial charge is 0.318 e. The first-order chi connectivity index (χ1) is 55.6. The van der Waals surface area contributed by atoms with Gasteiger partial charge in [0.25, 0.3) is 0 Å². The number of nitrogen functional groups attached to an aromatic ring is 1. The highest BCUT2D eigenvalue weighted by Crippen LogP contribution is 2.28. The maximum absolute atomic E-state index is 13.6. The van der Waals surface area contributed by atoms with Gasteiger partial charge in [0.15, 0.2) is 11.6 Å². The Morgan fingerprint density at radius 2 is 0.761 bits per heavy atom. The molecule has 0 unspecified atom stereocenters. The molecule has 8 amide bonds. The quantitative estimate of drug-likeness (QED) is 0.0246. The summed E-state index contributed by atoms with van der Waals surface area (Å²) in [7, 11) is 10.2. The molecule has 7 aliphatic heterocycles. The first kappa shape index (κ1) is 96.9. The Hall–Kier alpha value is -8.98. The van der Waals surface area contributed by atoms with Crippen LogP contribution in [0.25, 0.3) is 0 Å². The van der Waals surface area contributed by atoms with Crippen molar-refractivity contribution in [3.05, 3.63) is 161 Å². The average Bonchev–Trinajstić information content (AvgIpc) is 0.829. The fraction of sp³-hybridized carbons (Fsp3) is 0.585. The van der Waals surface area contributed by atoms with Crippen LogP contribution < -0.4 is 42.5 Å². The van der Waals surface area contributed by atoms with Crippen LogP contribution in [-0.4, -0.2) is 221 Å². The van der Waals surface area contributed by atoms with E-state index in [4.69, 9.17) is 21.4 Å². The molecule has 0 aromatic heterocycles. The Kier molecular flexibility index (Phi) is 43.1. The van der Waals surface area contributed by atoms with Crippen molar-refractivity contribution in [1.82, 2.24) is 45.3 Å². The maximum Gasteiger partial charge on any atom is 0.318 e. The van der Waals surface area contributed by atoms with E-state index in [0.29, 0.717) is 74.8 Å². The van der Waals surface area contributed by atoms with Crippen LogP contribution in [0.15, 0.2) is 133 Å². The zero-order chi connectivity index (χ0) is 83.9. The number of benzene rings is 5. The zero-order valence-corrected chi connectivity index (χ0v) is 72.2. The molecule has 7 saturated heterocycles. The zero-order valence-electron chi connectivity index (χ0n) is 72.2. The molecule has 8 N–H and O–H groups in total. The second kappa shape index (κ2) is 52.1. The molecule has 7 fully saturated rings. The Labute approximate surface area is 713 Å². The van der Waals surface area contributed by atoms with Crippen LogP contribution in [0, 0.1) is 46.5 Å². The number of anilines is 5. The van der Waals surface area contributed by atoms with Gasteiger partial charge in [0, 0.05) is 158 Å². The topological polar surface area (TPSA) is 240 Å². The SMILES string of the molecule is C.CC(C)=CCN(c1ccc(C)cc1)C1CCN(C(=O)[C@H](CC(C)C)NC(=O)N2CCCCCC2)CC1.Cc1ccc(N)cc1.Cc1ccc(NC2CCN(C(=O)[C@H](CC(C)C)NC(=O)N3CCCCCC3)CC2)cc1.Cc1ccc(NC2CCNCC2)cc1.[B]C(=O)N1CCC(=O)CC1.[B]C(=O)N1CCC(Nc2ccc(C)cc2)CC1.[HH].[HH].[HH].[HH].[HH]. The second-order valence-electron chi connectivity index (χ2n) is 33.9. The van der Waals surface area contributed by atoms with E-state index in [9.17, 15) is 33.6 Å². The van der Waals surface area contributed by atoms with Crippen molar-refractivity contribution in [3.63, 3.8) is 0 Å². The van der Waals surface area contributed by atoms with Crippen LogP contribution in [-0.2, 0) is 14.4 Å². The molecular weight excluding hydrogens is 1460 g/mol. The summed E-state index contributed by atoms with van der Waals surface area (Å²) < 4.78 is 0. The van der Waals surface area contributed by atoms with Crippen LogP contribution in [0.1, 0.15) is 212 Å². The van der Waals surface area contributed by atoms with Crippen molar-refractivity contribution >= 4 is 85.4 Å². The number of nitrogens with zero attached hydrogens (tertiary/aromatic N) is 7. The molecule has 2 atom stereocenters. The van der Waals surface area contributed by atoms with Crippen molar-refractivity contribution in [2.45, 2.75) is 248 Å². The monoisotopic (exact) mass is 1610 g/mol. The summed E-state index contributed by atoms with van der Waals surface area (Å²) in [4.78, 5) is 98.3. The Balaban J connectivity index is 0.000000777. The highest BCUT2D eigenvalue weighted by Gasteiger charge is 2.35. The lowest BCUT2D eigenvalue weighted by atomic mass is 9.98. The first-order valence-electron chi connectivity index (χ1n) is 43.4. The van der Waals surface area contributed by atoms with Crippen LogP contribution >= 0.6 is 0 Å². The molecule has 0 saturated carbocycles. The van der Waals surface area contributed by atoms with E-state index in [2.05, 4.69) is 209 Å². The molecule has 21 nitrogen and oxygen atoms in total. The van der Waals surface area contributed by atoms with E-state index in [0.717, 1.165) is 166 Å². The number of hydrogen-bond donors (Lipinski definition) is 7. The number of urea groups is 2. The number of likely N-dealkylation sites (tertiary alicyclic amines) is 6. The van der Waals surface area contributed by atoms with Gasteiger partial charge < -0.3 is 71.9 Å². The van der Waals surface area contributed by atoms with Gasteiger partial charge in [0.05, 0.1) is 0 Å². The molecule has 7 heterocycles. The molecule has 117 heavy (non-hydrogen) atoms. The van der Waals surface area contributed by atoms with Gasteiger partial charge in [0.2, 0.25) is 27.5 Å². The Bertz CT molecular complexity index is 3740. The molecular formula is C94H154B2N14O7. The van der Waals surface area contributed by atoms with Crippen LogP contribution in [0.4, 0.5) is 47.6 Å². The van der Waals surface area contributed by atoms with Gasteiger partial charge in [-0.1, -0.05) is 161 Å². The van der Waals surface area contributed by atoms with Gasteiger partial charge >= 0.3 is 12.1 Å². The number of ketones is 1. The summed E-state index contributed by atoms with van der Waals surface area (Å²) in [6.07, 6.45) is 21.6. The van der Waals surface area contributed by atoms with Crippen molar-refractivity contribution in [2.24, 2.45) is 11.8 Å². The highest BCUT2D eigenvalue weighted by molar-refractivity contribution is 6.57. The van der Waals surface area contributed by atoms with E-state index < -0.39 is 17.9 Å². The third-order valence-corrected chi connectivity index (χ3v) is 22.6. The summed E-state index contributed by atoms with van der Waals surface area (Å²) in [5.41, 5.74) is 18.7.